The summed E-state index contributed by atoms with van der Waals surface area (Å²) in [4.78, 5) is 9.54. The van der Waals surface area contributed by atoms with Gasteiger partial charge in [0.1, 0.15) is 0 Å². The molecule has 0 saturated carbocycles. The van der Waals surface area contributed by atoms with Crippen LogP contribution in [0.4, 0.5) is 0 Å². The number of hydrogen-bond donors (Lipinski definition) is 0. The van der Waals surface area contributed by atoms with Crippen molar-refractivity contribution in [3.05, 3.63) is 103 Å². The average molecular weight is 324 g/mol. The van der Waals surface area contributed by atoms with Crippen LogP contribution in [0.5, 0.6) is 0 Å². The van der Waals surface area contributed by atoms with Gasteiger partial charge in [0.15, 0.2) is 5.82 Å². The van der Waals surface area contributed by atoms with Crippen molar-refractivity contribution in [2.24, 2.45) is 0 Å². The molecule has 122 valence electrons. The van der Waals surface area contributed by atoms with Crippen molar-refractivity contribution in [3.8, 4) is 22.5 Å². The van der Waals surface area contributed by atoms with Crippen LogP contribution in [-0.2, 0) is 0 Å². The quantitative estimate of drug-likeness (QED) is 0.541. The second kappa shape index (κ2) is 8.02. The van der Waals surface area contributed by atoms with Gasteiger partial charge >= 0.3 is 0 Å². The van der Waals surface area contributed by atoms with Gasteiger partial charge in [-0.1, -0.05) is 91.5 Å². The topological polar surface area (TPSA) is 25.8 Å². The first-order valence-corrected chi connectivity index (χ1v) is 8.27. The van der Waals surface area contributed by atoms with E-state index in [-0.39, 0.29) is 0 Å². The molecule has 0 aliphatic heterocycles. The molecular formula is C23H20N2. The van der Waals surface area contributed by atoms with E-state index in [0.29, 0.717) is 5.82 Å². The van der Waals surface area contributed by atoms with Crippen molar-refractivity contribution in [2.75, 3.05) is 0 Å². The molecule has 0 atom stereocenters. The molecule has 0 radical (unpaired) electrons. The highest BCUT2D eigenvalue weighted by Gasteiger charge is 2.10. The van der Waals surface area contributed by atoms with Crippen molar-refractivity contribution >= 4 is 5.57 Å². The first-order valence-electron chi connectivity index (χ1n) is 8.27. The first-order chi connectivity index (χ1) is 12.3. The number of allylic oxidation sites excluding steroid dienone is 5. The summed E-state index contributed by atoms with van der Waals surface area (Å²) in [6.07, 6.45) is 7.71. The molecule has 0 aliphatic carbocycles. The van der Waals surface area contributed by atoms with Gasteiger partial charge in [-0.05, 0) is 13.0 Å². The number of aromatic nitrogens is 2. The fourth-order valence-corrected chi connectivity index (χ4v) is 2.52. The lowest BCUT2D eigenvalue weighted by Crippen LogP contribution is -1.98. The maximum atomic E-state index is 4.77. The van der Waals surface area contributed by atoms with Gasteiger partial charge in [0.25, 0.3) is 0 Å². The molecule has 0 saturated heterocycles. The number of hydrogen-bond acceptors (Lipinski definition) is 2. The minimum absolute atomic E-state index is 0.674. The van der Waals surface area contributed by atoms with E-state index in [9.17, 15) is 0 Å². The van der Waals surface area contributed by atoms with Gasteiger partial charge in [0.2, 0.25) is 0 Å². The van der Waals surface area contributed by atoms with Crippen molar-refractivity contribution < 1.29 is 0 Å². The smallest absolute Gasteiger partial charge is 0.160 e. The largest absolute Gasteiger partial charge is 0.228 e. The number of rotatable bonds is 5. The molecule has 1 heterocycles. The SMILES string of the molecule is C=C/C(=C\C=C/C)c1nc(-c2ccccc2)cc(-c2ccccc2)n1. The highest BCUT2D eigenvalue weighted by atomic mass is 14.9. The third-order valence-electron chi connectivity index (χ3n) is 3.81. The molecule has 2 nitrogen and oxygen atoms in total. The van der Waals surface area contributed by atoms with Gasteiger partial charge in [0, 0.05) is 16.7 Å². The molecule has 2 heteroatoms. The van der Waals surface area contributed by atoms with E-state index >= 15 is 0 Å². The Kier molecular flexibility index (Phi) is 5.32. The highest BCUT2D eigenvalue weighted by molar-refractivity contribution is 5.75. The molecule has 2 aromatic carbocycles. The summed E-state index contributed by atoms with van der Waals surface area (Å²) >= 11 is 0. The average Bonchev–Trinajstić information content (AvgIpc) is 2.70. The van der Waals surface area contributed by atoms with Crippen LogP contribution in [0.3, 0.4) is 0 Å². The van der Waals surface area contributed by atoms with E-state index in [1.165, 1.54) is 0 Å². The maximum Gasteiger partial charge on any atom is 0.160 e. The molecule has 3 rings (SSSR count). The molecule has 0 bridgehead atoms. The molecule has 0 fully saturated rings. The van der Waals surface area contributed by atoms with E-state index in [1.807, 2.05) is 67.6 Å². The van der Waals surface area contributed by atoms with Gasteiger partial charge in [-0.2, -0.15) is 0 Å². The van der Waals surface area contributed by atoms with Crippen molar-refractivity contribution in [2.45, 2.75) is 6.92 Å². The van der Waals surface area contributed by atoms with Crippen LogP contribution < -0.4 is 0 Å². The zero-order valence-electron chi connectivity index (χ0n) is 14.3. The van der Waals surface area contributed by atoms with Gasteiger partial charge in [0.05, 0.1) is 11.4 Å². The van der Waals surface area contributed by atoms with Gasteiger partial charge in [-0.3, -0.25) is 0 Å². The monoisotopic (exact) mass is 324 g/mol. The lowest BCUT2D eigenvalue weighted by Gasteiger charge is -2.09. The Morgan fingerprint density at radius 3 is 1.80 bits per heavy atom. The van der Waals surface area contributed by atoms with Crippen LogP contribution in [0.2, 0.25) is 0 Å². The summed E-state index contributed by atoms with van der Waals surface area (Å²) in [5.74, 6) is 0.674. The van der Waals surface area contributed by atoms with Crippen molar-refractivity contribution in [1.29, 1.82) is 0 Å². The Hall–Kier alpha value is -3.26. The number of benzene rings is 2. The lowest BCUT2D eigenvalue weighted by atomic mass is 10.1. The fraction of sp³-hybridized carbons (Fsp3) is 0.0435. The molecule has 0 aliphatic rings. The molecule has 0 unspecified atom stereocenters. The van der Waals surface area contributed by atoms with Crippen LogP contribution in [-0.4, -0.2) is 9.97 Å². The van der Waals surface area contributed by atoms with Crippen LogP contribution >= 0.6 is 0 Å². The third kappa shape index (κ3) is 3.99. The predicted octanol–water partition coefficient (Wildman–Crippen LogP) is 5.96. The van der Waals surface area contributed by atoms with E-state index < -0.39 is 0 Å². The fourth-order valence-electron chi connectivity index (χ4n) is 2.52. The molecule has 0 N–H and O–H groups in total. The van der Waals surface area contributed by atoms with Crippen LogP contribution in [0.1, 0.15) is 12.7 Å². The van der Waals surface area contributed by atoms with E-state index in [2.05, 4.69) is 30.8 Å². The first kappa shape index (κ1) is 16.6. The third-order valence-corrected chi connectivity index (χ3v) is 3.81. The Morgan fingerprint density at radius 1 is 0.840 bits per heavy atom. The molecule has 0 spiro atoms. The van der Waals surface area contributed by atoms with E-state index in [1.54, 1.807) is 6.08 Å². The summed E-state index contributed by atoms with van der Waals surface area (Å²) in [6.45, 7) is 5.89. The van der Waals surface area contributed by atoms with Gasteiger partial charge < -0.3 is 0 Å². The second-order valence-electron chi connectivity index (χ2n) is 5.55. The van der Waals surface area contributed by atoms with Gasteiger partial charge in [-0.25, -0.2) is 9.97 Å². The summed E-state index contributed by atoms with van der Waals surface area (Å²) in [5.41, 5.74) is 4.83. The number of nitrogens with zero attached hydrogens (tertiary/aromatic N) is 2. The standard InChI is InChI=1S/C23H20N2/c1-3-5-12-18(4-2)23-24-21(19-13-8-6-9-14-19)17-22(25-23)20-15-10-7-11-16-20/h3-17H,2H2,1H3/b5-3-,18-12+. The van der Waals surface area contributed by atoms with Crippen LogP contribution in [0, 0.1) is 0 Å². The van der Waals surface area contributed by atoms with Gasteiger partial charge in [-0.15, -0.1) is 0 Å². The molecule has 0 amide bonds. The molecule has 1 aromatic heterocycles. The van der Waals surface area contributed by atoms with Crippen molar-refractivity contribution in [1.82, 2.24) is 9.97 Å². The van der Waals surface area contributed by atoms with E-state index in [0.717, 1.165) is 28.1 Å². The Bertz CT molecular complexity index is 850. The lowest BCUT2D eigenvalue weighted by molar-refractivity contribution is 1.13. The molecular weight excluding hydrogens is 304 g/mol. The minimum atomic E-state index is 0.674. The Balaban J connectivity index is 2.20. The predicted molar refractivity (Wildman–Crippen MR) is 106 cm³/mol. The molecule has 3 aromatic rings. The van der Waals surface area contributed by atoms with Crippen molar-refractivity contribution in [3.63, 3.8) is 0 Å². The summed E-state index contributed by atoms with van der Waals surface area (Å²) in [7, 11) is 0. The van der Waals surface area contributed by atoms with E-state index in [4.69, 9.17) is 9.97 Å². The zero-order chi connectivity index (χ0) is 17.5. The summed E-state index contributed by atoms with van der Waals surface area (Å²) in [6, 6.07) is 22.3. The normalized spacial score (nSPS) is 11.6. The van der Waals surface area contributed by atoms with Crippen LogP contribution in [0.25, 0.3) is 28.1 Å². The summed E-state index contributed by atoms with van der Waals surface area (Å²) < 4.78 is 0. The van der Waals surface area contributed by atoms with Crippen LogP contribution in [0.15, 0.2) is 97.6 Å². The molecule has 25 heavy (non-hydrogen) atoms. The maximum absolute atomic E-state index is 4.77. The minimum Gasteiger partial charge on any atom is -0.228 e. The second-order valence-corrected chi connectivity index (χ2v) is 5.55. The zero-order valence-corrected chi connectivity index (χ0v) is 14.3. The highest BCUT2D eigenvalue weighted by Crippen LogP contribution is 2.26. The Morgan fingerprint density at radius 2 is 1.36 bits per heavy atom. The summed E-state index contributed by atoms with van der Waals surface area (Å²) in [5, 5.41) is 0. The Labute approximate surface area is 148 Å².